The van der Waals surface area contributed by atoms with Crippen LogP contribution in [0.1, 0.15) is 44.2 Å². The predicted octanol–water partition coefficient (Wildman–Crippen LogP) is 2.54. The smallest absolute Gasteiger partial charge is 0.327 e. The van der Waals surface area contributed by atoms with Gasteiger partial charge in [-0.25, -0.2) is 4.79 Å². The van der Waals surface area contributed by atoms with E-state index in [0.29, 0.717) is 24.0 Å². The topological polar surface area (TPSA) is 67.8 Å². The molecule has 0 saturated heterocycles. The van der Waals surface area contributed by atoms with Gasteiger partial charge in [0.15, 0.2) is 11.5 Å². The van der Waals surface area contributed by atoms with Crippen molar-refractivity contribution in [2.24, 2.45) is 0 Å². The Labute approximate surface area is 125 Å². The maximum Gasteiger partial charge on any atom is 0.327 e. The van der Waals surface area contributed by atoms with Gasteiger partial charge in [-0.2, -0.15) is 0 Å². The van der Waals surface area contributed by atoms with Gasteiger partial charge < -0.3 is 14.6 Å². The van der Waals surface area contributed by atoms with Crippen molar-refractivity contribution < 1.29 is 19.4 Å². The number of hydrogen-bond donors (Lipinski definition) is 2. The Morgan fingerprint density at radius 1 is 1.43 bits per heavy atom. The third-order valence-electron chi connectivity index (χ3n) is 3.82. The molecule has 2 rings (SSSR count). The van der Waals surface area contributed by atoms with Crippen LogP contribution >= 0.6 is 0 Å². The molecule has 5 heteroatoms. The van der Waals surface area contributed by atoms with Crippen LogP contribution in [0.25, 0.3) is 0 Å². The second-order valence-electron chi connectivity index (χ2n) is 5.26. The van der Waals surface area contributed by atoms with Gasteiger partial charge in [-0.3, -0.25) is 5.32 Å². The highest BCUT2D eigenvalue weighted by Gasteiger charge is 2.27. The van der Waals surface area contributed by atoms with Crippen LogP contribution in [0.2, 0.25) is 0 Å². The van der Waals surface area contributed by atoms with Crippen LogP contribution in [0, 0.1) is 0 Å². The predicted molar refractivity (Wildman–Crippen MR) is 79.4 cm³/mol. The highest BCUT2D eigenvalue weighted by Crippen LogP contribution is 2.30. The zero-order chi connectivity index (χ0) is 15.2. The average Bonchev–Trinajstić information content (AvgIpc) is 2.98. The Bertz CT molecular complexity index is 483. The summed E-state index contributed by atoms with van der Waals surface area (Å²) >= 11 is 0. The molecule has 0 heterocycles. The van der Waals surface area contributed by atoms with Gasteiger partial charge in [0, 0.05) is 6.04 Å². The first-order chi connectivity index (χ1) is 10.2. The molecule has 0 aromatic heterocycles. The number of methoxy groups -OCH3 is 1. The lowest BCUT2D eigenvalue weighted by Gasteiger charge is -2.22. The van der Waals surface area contributed by atoms with E-state index in [-0.39, 0.29) is 11.7 Å². The first kappa shape index (κ1) is 15.6. The van der Waals surface area contributed by atoms with Gasteiger partial charge in [0.05, 0.1) is 13.7 Å². The number of ether oxygens (including phenoxy) is 2. The fourth-order valence-electron chi connectivity index (χ4n) is 2.74. The molecule has 0 radical (unpaired) electrons. The number of nitrogens with one attached hydrogen (secondary N) is 1. The molecule has 1 atom stereocenters. The molecule has 0 amide bonds. The monoisotopic (exact) mass is 293 g/mol. The zero-order valence-corrected chi connectivity index (χ0v) is 12.6. The van der Waals surface area contributed by atoms with Crippen molar-refractivity contribution in [3.8, 4) is 11.5 Å². The van der Waals surface area contributed by atoms with Crippen LogP contribution in [-0.2, 0) is 9.53 Å². The summed E-state index contributed by atoms with van der Waals surface area (Å²) in [5.41, 5.74) is 0.693. The Balaban J connectivity index is 2.20. The molecule has 0 aliphatic heterocycles. The van der Waals surface area contributed by atoms with Crippen molar-refractivity contribution >= 4 is 5.97 Å². The van der Waals surface area contributed by atoms with Gasteiger partial charge in [-0.15, -0.1) is 0 Å². The van der Waals surface area contributed by atoms with Crippen molar-refractivity contribution in [1.29, 1.82) is 0 Å². The van der Waals surface area contributed by atoms with Crippen LogP contribution < -0.4 is 10.1 Å². The standard InChI is InChI=1S/C16H23NO4/c1-3-21-16(19)15(17-12-6-4-5-7-12)11-8-9-14(20-2)13(18)10-11/h8-10,12,15,17-18H,3-7H2,1-2H3. The van der Waals surface area contributed by atoms with E-state index in [4.69, 9.17) is 9.47 Å². The minimum absolute atomic E-state index is 0.0255. The number of esters is 1. The fraction of sp³-hybridized carbons (Fsp3) is 0.562. The van der Waals surface area contributed by atoms with Crippen LogP contribution in [0.4, 0.5) is 0 Å². The molecular weight excluding hydrogens is 270 g/mol. The lowest BCUT2D eigenvalue weighted by molar-refractivity contribution is -0.146. The lowest BCUT2D eigenvalue weighted by atomic mass is 10.0. The van der Waals surface area contributed by atoms with Gasteiger partial charge >= 0.3 is 5.97 Å². The second-order valence-corrected chi connectivity index (χ2v) is 5.26. The number of carbonyl (C=O) groups excluding carboxylic acids is 1. The molecule has 1 unspecified atom stereocenters. The van der Waals surface area contributed by atoms with Gasteiger partial charge in [0.2, 0.25) is 0 Å². The van der Waals surface area contributed by atoms with Crippen molar-refractivity contribution in [2.75, 3.05) is 13.7 Å². The molecule has 1 aromatic rings. The van der Waals surface area contributed by atoms with Crippen molar-refractivity contribution in [3.63, 3.8) is 0 Å². The van der Waals surface area contributed by atoms with Crippen molar-refractivity contribution in [2.45, 2.75) is 44.7 Å². The maximum absolute atomic E-state index is 12.2. The Morgan fingerprint density at radius 3 is 2.71 bits per heavy atom. The van der Waals surface area contributed by atoms with Crippen molar-refractivity contribution in [1.82, 2.24) is 5.32 Å². The summed E-state index contributed by atoms with van der Waals surface area (Å²) in [6.45, 7) is 2.12. The average molecular weight is 293 g/mol. The van der Waals surface area contributed by atoms with E-state index >= 15 is 0 Å². The summed E-state index contributed by atoms with van der Waals surface area (Å²) in [5, 5.41) is 13.3. The quantitative estimate of drug-likeness (QED) is 0.789. The lowest BCUT2D eigenvalue weighted by Crippen LogP contribution is -2.36. The first-order valence-electron chi connectivity index (χ1n) is 7.45. The number of phenolic OH excluding ortho intramolecular Hbond substituents is 1. The second kappa shape index (κ2) is 7.31. The van der Waals surface area contributed by atoms with Crippen LogP contribution in [0.3, 0.4) is 0 Å². The highest BCUT2D eigenvalue weighted by molar-refractivity contribution is 5.78. The molecule has 1 aromatic carbocycles. The molecule has 5 nitrogen and oxygen atoms in total. The fourth-order valence-corrected chi connectivity index (χ4v) is 2.74. The van der Waals surface area contributed by atoms with Crippen molar-refractivity contribution in [3.05, 3.63) is 23.8 Å². The van der Waals surface area contributed by atoms with E-state index in [1.165, 1.54) is 20.0 Å². The number of carbonyl (C=O) groups is 1. The highest BCUT2D eigenvalue weighted by atomic mass is 16.5. The Morgan fingerprint density at radius 2 is 2.14 bits per heavy atom. The number of aromatic hydroxyl groups is 1. The molecular formula is C16H23NO4. The zero-order valence-electron chi connectivity index (χ0n) is 12.6. The molecule has 1 aliphatic carbocycles. The third-order valence-corrected chi connectivity index (χ3v) is 3.82. The number of rotatable bonds is 6. The largest absolute Gasteiger partial charge is 0.504 e. The van der Waals surface area contributed by atoms with E-state index in [0.717, 1.165) is 12.8 Å². The minimum atomic E-state index is -0.551. The first-order valence-corrected chi connectivity index (χ1v) is 7.45. The number of benzene rings is 1. The Hall–Kier alpha value is -1.75. The molecule has 116 valence electrons. The third kappa shape index (κ3) is 3.88. The number of phenols is 1. The summed E-state index contributed by atoms with van der Waals surface area (Å²) in [6, 6.07) is 4.77. The molecule has 1 aliphatic rings. The van der Waals surface area contributed by atoms with Gasteiger partial charge in [0.25, 0.3) is 0 Å². The molecule has 0 bridgehead atoms. The normalized spacial score (nSPS) is 16.7. The van der Waals surface area contributed by atoms with E-state index < -0.39 is 6.04 Å². The Kier molecular flexibility index (Phi) is 5.44. The summed E-state index contributed by atoms with van der Waals surface area (Å²) in [6.07, 6.45) is 4.50. The van der Waals surface area contributed by atoms with E-state index in [1.807, 2.05) is 0 Å². The molecule has 2 N–H and O–H groups in total. The van der Waals surface area contributed by atoms with E-state index in [9.17, 15) is 9.90 Å². The summed E-state index contributed by atoms with van der Waals surface area (Å²) in [5.74, 6) is 0.105. The molecule has 21 heavy (non-hydrogen) atoms. The van der Waals surface area contributed by atoms with Gasteiger partial charge in [-0.05, 0) is 37.5 Å². The van der Waals surface area contributed by atoms with Gasteiger partial charge in [-0.1, -0.05) is 18.9 Å². The van der Waals surface area contributed by atoms with Crippen LogP contribution in [-0.4, -0.2) is 30.8 Å². The SMILES string of the molecule is CCOC(=O)C(NC1CCCC1)c1ccc(OC)c(O)c1. The molecule has 1 saturated carbocycles. The molecule has 1 fully saturated rings. The summed E-state index contributed by atoms with van der Waals surface area (Å²) in [7, 11) is 1.49. The van der Waals surface area contributed by atoms with Crippen LogP contribution in [0.5, 0.6) is 11.5 Å². The van der Waals surface area contributed by atoms with Crippen LogP contribution in [0.15, 0.2) is 18.2 Å². The molecule has 0 spiro atoms. The maximum atomic E-state index is 12.2. The minimum Gasteiger partial charge on any atom is -0.504 e. The van der Waals surface area contributed by atoms with Gasteiger partial charge in [0.1, 0.15) is 6.04 Å². The summed E-state index contributed by atoms with van der Waals surface area (Å²) in [4.78, 5) is 12.2. The van der Waals surface area contributed by atoms with E-state index in [1.54, 1.807) is 25.1 Å². The number of hydrogen-bond acceptors (Lipinski definition) is 5. The van der Waals surface area contributed by atoms with E-state index in [2.05, 4.69) is 5.32 Å². The summed E-state index contributed by atoms with van der Waals surface area (Å²) < 4.78 is 10.2.